The predicted octanol–water partition coefficient (Wildman–Crippen LogP) is 4.98. The second-order valence-electron chi connectivity index (χ2n) is 6.45. The van der Waals surface area contributed by atoms with E-state index in [1.54, 1.807) is 20.8 Å². The predicted molar refractivity (Wildman–Crippen MR) is 96.8 cm³/mol. The molecular formula is C18H30N4O2. The summed E-state index contributed by atoms with van der Waals surface area (Å²) < 4.78 is 1.14. The van der Waals surface area contributed by atoms with Crippen molar-refractivity contribution in [2.75, 3.05) is 6.54 Å². The van der Waals surface area contributed by atoms with Gasteiger partial charge < -0.3 is 5.21 Å². The summed E-state index contributed by atoms with van der Waals surface area (Å²) in [7, 11) is 0. The summed E-state index contributed by atoms with van der Waals surface area (Å²) in [4.78, 5) is 15.1. The molecule has 0 atom stereocenters. The third-order valence-electron chi connectivity index (χ3n) is 4.73. The third kappa shape index (κ3) is 5.93. The Bertz CT molecular complexity index is 631. The number of hydrogen-bond donors (Lipinski definition) is 1. The molecule has 0 aliphatic carbocycles. The van der Waals surface area contributed by atoms with Crippen LogP contribution in [-0.4, -0.2) is 16.5 Å². The third-order valence-corrected chi connectivity index (χ3v) is 4.73. The van der Waals surface area contributed by atoms with Crippen LogP contribution < -0.4 is 5.43 Å². The Morgan fingerprint density at radius 1 is 0.958 bits per heavy atom. The van der Waals surface area contributed by atoms with Crippen LogP contribution in [0.5, 0.6) is 0 Å². The van der Waals surface area contributed by atoms with E-state index < -0.39 is 0 Å². The van der Waals surface area contributed by atoms with Crippen LogP contribution in [0.1, 0.15) is 73.9 Å². The first-order chi connectivity index (χ1) is 11.5. The maximum absolute atomic E-state index is 12.3. The highest BCUT2D eigenvalue weighted by Gasteiger charge is 2.13. The highest BCUT2D eigenvalue weighted by atomic mass is 16.5. The van der Waals surface area contributed by atoms with Gasteiger partial charge in [0.25, 0.3) is 0 Å². The highest BCUT2D eigenvalue weighted by Crippen LogP contribution is 2.14. The number of nitrogens with zero attached hydrogens (tertiary/aromatic N) is 4. The highest BCUT2D eigenvalue weighted by molar-refractivity contribution is 5.29. The summed E-state index contributed by atoms with van der Waals surface area (Å²) in [6.07, 6.45) is 9.70. The molecule has 0 aromatic carbocycles. The zero-order valence-electron chi connectivity index (χ0n) is 15.2. The molecule has 1 aromatic heterocycles. The zero-order valence-corrected chi connectivity index (χ0v) is 15.2. The van der Waals surface area contributed by atoms with Gasteiger partial charge in [0.1, 0.15) is 0 Å². The number of hydrogen-bond acceptors (Lipinski definition) is 3. The van der Waals surface area contributed by atoms with Gasteiger partial charge in [0.2, 0.25) is 0 Å². The van der Waals surface area contributed by atoms with Gasteiger partial charge in [-0.15, -0.1) is 0 Å². The van der Waals surface area contributed by atoms with Crippen LogP contribution in [0.3, 0.4) is 0 Å². The molecule has 1 rings (SSSR count). The van der Waals surface area contributed by atoms with Gasteiger partial charge in [-0.05, 0) is 45.6 Å². The van der Waals surface area contributed by atoms with E-state index in [9.17, 15) is 10.0 Å². The summed E-state index contributed by atoms with van der Waals surface area (Å²) in [5.74, 6) is 0. The lowest BCUT2D eigenvalue weighted by Gasteiger charge is -2.14. The van der Waals surface area contributed by atoms with E-state index >= 15 is 0 Å². The first kappa shape index (κ1) is 20.1. The van der Waals surface area contributed by atoms with E-state index in [2.05, 4.69) is 10.0 Å². The normalized spacial score (nSPS) is 10.6. The molecule has 0 spiro atoms. The molecule has 1 heterocycles. The summed E-state index contributed by atoms with van der Waals surface area (Å²) >= 11 is 0. The molecule has 0 unspecified atom stereocenters. The van der Waals surface area contributed by atoms with Gasteiger partial charge in [-0.25, -0.2) is 0 Å². The Morgan fingerprint density at radius 3 is 2.08 bits per heavy atom. The van der Waals surface area contributed by atoms with Gasteiger partial charge in [0.15, 0.2) is 5.43 Å². The van der Waals surface area contributed by atoms with Crippen molar-refractivity contribution in [2.24, 2.45) is 5.11 Å². The van der Waals surface area contributed by atoms with Crippen molar-refractivity contribution in [1.82, 2.24) is 4.73 Å². The molecule has 24 heavy (non-hydrogen) atoms. The summed E-state index contributed by atoms with van der Waals surface area (Å²) in [5.41, 5.74) is 10.9. The van der Waals surface area contributed by atoms with E-state index in [0.29, 0.717) is 23.5 Å². The Labute approximate surface area is 144 Å². The van der Waals surface area contributed by atoms with Crippen LogP contribution in [0.25, 0.3) is 10.4 Å². The first-order valence-electron chi connectivity index (χ1n) is 8.92. The molecule has 134 valence electrons. The maximum atomic E-state index is 12.3. The van der Waals surface area contributed by atoms with Crippen LogP contribution in [0.4, 0.5) is 0 Å². The standard InChI is InChI=1S/C18H30N4O2/c1-14-15(2)22(24)16(3)17(18(14)23)12-10-8-6-4-5-7-9-11-13-20-21-19/h24H,4-13H2,1-3H3. The van der Waals surface area contributed by atoms with Gasteiger partial charge in [0.05, 0.1) is 11.4 Å². The fourth-order valence-corrected chi connectivity index (χ4v) is 2.98. The van der Waals surface area contributed by atoms with E-state index in [-0.39, 0.29) is 5.43 Å². The number of aromatic nitrogens is 1. The van der Waals surface area contributed by atoms with Crippen molar-refractivity contribution >= 4 is 0 Å². The molecule has 0 fully saturated rings. The second-order valence-corrected chi connectivity index (χ2v) is 6.45. The SMILES string of the molecule is Cc1c(C)n(O)c(C)c(CCCCCCCCCCN=[N+]=[N-])c1=O. The fraction of sp³-hybridized carbons (Fsp3) is 0.722. The van der Waals surface area contributed by atoms with Crippen LogP contribution in [0, 0.1) is 20.8 Å². The molecule has 0 radical (unpaired) electrons. The van der Waals surface area contributed by atoms with Crippen LogP contribution >= 0.6 is 0 Å². The largest absolute Gasteiger partial charge is 0.428 e. The van der Waals surface area contributed by atoms with Crippen molar-refractivity contribution in [1.29, 1.82) is 0 Å². The second kappa shape index (κ2) is 10.8. The van der Waals surface area contributed by atoms with Gasteiger partial charge in [0, 0.05) is 22.6 Å². The monoisotopic (exact) mass is 334 g/mol. The molecule has 6 nitrogen and oxygen atoms in total. The summed E-state index contributed by atoms with van der Waals surface area (Å²) in [6, 6.07) is 0. The minimum Gasteiger partial charge on any atom is -0.428 e. The van der Waals surface area contributed by atoms with Crippen molar-refractivity contribution in [2.45, 2.75) is 78.6 Å². The van der Waals surface area contributed by atoms with E-state index in [0.717, 1.165) is 42.4 Å². The molecule has 0 saturated heterocycles. The fourth-order valence-electron chi connectivity index (χ4n) is 2.98. The minimum atomic E-state index is 0.0790. The van der Waals surface area contributed by atoms with Gasteiger partial charge in [-0.2, -0.15) is 4.73 Å². The van der Waals surface area contributed by atoms with E-state index in [4.69, 9.17) is 5.53 Å². The molecule has 1 N–H and O–H groups in total. The molecule has 0 aliphatic rings. The Kier molecular flexibility index (Phi) is 9.02. The number of rotatable bonds is 11. The molecule has 1 aromatic rings. The zero-order chi connectivity index (χ0) is 17.9. The average molecular weight is 334 g/mol. The quantitative estimate of drug-likeness (QED) is 0.203. The average Bonchev–Trinajstić information content (AvgIpc) is 2.58. The Morgan fingerprint density at radius 2 is 1.50 bits per heavy atom. The van der Waals surface area contributed by atoms with Crippen LogP contribution in [0.15, 0.2) is 9.91 Å². The molecule has 0 amide bonds. The lowest BCUT2D eigenvalue weighted by molar-refractivity contribution is 0.169. The lowest BCUT2D eigenvalue weighted by atomic mass is 10.0. The van der Waals surface area contributed by atoms with E-state index in [1.165, 1.54) is 25.7 Å². The number of azide groups is 1. The van der Waals surface area contributed by atoms with Gasteiger partial charge >= 0.3 is 0 Å². The summed E-state index contributed by atoms with van der Waals surface area (Å²) in [6.45, 7) is 5.95. The van der Waals surface area contributed by atoms with E-state index in [1.807, 2.05) is 0 Å². The summed E-state index contributed by atoms with van der Waals surface area (Å²) in [5, 5.41) is 13.5. The molecule has 6 heteroatoms. The maximum Gasteiger partial charge on any atom is 0.188 e. The first-order valence-corrected chi connectivity index (χ1v) is 8.92. The van der Waals surface area contributed by atoms with Gasteiger partial charge in [-0.1, -0.05) is 43.6 Å². The Hall–Kier alpha value is -1.94. The molecule has 0 aliphatic heterocycles. The lowest BCUT2D eigenvalue weighted by Crippen LogP contribution is -2.22. The molecule has 0 bridgehead atoms. The van der Waals surface area contributed by atoms with Crippen molar-refractivity contribution in [3.8, 4) is 0 Å². The number of unbranched alkanes of at least 4 members (excludes halogenated alkanes) is 7. The Balaban J connectivity index is 2.25. The molecule has 0 saturated carbocycles. The number of pyridine rings is 1. The van der Waals surface area contributed by atoms with Crippen molar-refractivity contribution in [3.63, 3.8) is 0 Å². The van der Waals surface area contributed by atoms with Crippen LogP contribution in [0.2, 0.25) is 0 Å². The van der Waals surface area contributed by atoms with Crippen LogP contribution in [-0.2, 0) is 6.42 Å². The van der Waals surface area contributed by atoms with Gasteiger partial charge in [-0.3, -0.25) is 4.79 Å². The minimum absolute atomic E-state index is 0.0790. The smallest absolute Gasteiger partial charge is 0.188 e. The van der Waals surface area contributed by atoms with Crippen molar-refractivity contribution < 1.29 is 5.21 Å². The topological polar surface area (TPSA) is 91.0 Å². The molecular weight excluding hydrogens is 304 g/mol. The van der Waals surface area contributed by atoms with Crippen molar-refractivity contribution in [3.05, 3.63) is 43.2 Å².